The van der Waals surface area contributed by atoms with Crippen LogP contribution < -0.4 is 15.4 Å². The van der Waals surface area contributed by atoms with Crippen molar-refractivity contribution in [2.45, 2.75) is 24.8 Å². The van der Waals surface area contributed by atoms with Gasteiger partial charge in [-0.15, -0.1) is 0 Å². The molecule has 2 rings (SSSR count). The summed E-state index contributed by atoms with van der Waals surface area (Å²) in [5.74, 6) is 0.306. The second-order valence-electron chi connectivity index (χ2n) is 6.03. The van der Waals surface area contributed by atoms with Gasteiger partial charge in [-0.25, -0.2) is 18.1 Å². The molecular formula is C18H21N5O3S. The summed E-state index contributed by atoms with van der Waals surface area (Å²) in [5, 5.41) is 14.5. The summed E-state index contributed by atoms with van der Waals surface area (Å²) in [6, 6.07) is 10.9. The fourth-order valence-corrected chi connectivity index (χ4v) is 3.45. The Kier molecular flexibility index (Phi) is 6.87. The summed E-state index contributed by atoms with van der Waals surface area (Å²) in [6.45, 7) is 4.28. The minimum Gasteiger partial charge on any atom is -0.368 e. The third-order valence-corrected chi connectivity index (χ3v) is 5.10. The van der Waals surface area contributed by atoms with E-state index in [1.54, 1.807) is 26.0 Å². The average molecular weight is 387 g/mol. The highest BCUT2D eigenvalue weighted by atomic mass is 32.2. The molecule has 0 aliphatic carbocycles. The summed E-state index contributed by atoms with van der Waals surface area (Å²) in [4.78, 5) is 16.3. The molecular weight excluding hydrogens is 366 g/mol. The normalized spacial score (nSPS) is 11.0. The van der Waals surface area contributed by atoms with E-state index >= 15 is 0 Å². The number of amides is 1. The Hall–Kier alpha value is -2.96. The molecule has 0 spiro atoms. The topological polar surface area (TPSA) is 124 Å². The molecule has 0 aliphatic heterocycles. The zero-order valence-electron chi connectivity index (χ0n) is 15.1. The van der Waals surface area contributed by atoms with Crippen LogP contribution in [0.3, 0.4) is 0 Å². The smallest absolute Gasteiger partial charge is 0.251 e. The van der Waals surface area contributed by atoms with Crippen LogP contribution in [-0.2, 0) is 10.0 Å². The number of nitrogens with one attached hydrogen (secondary N) is 3. The maximum absolute atomic E-state index is 12.1. The molecule has 0 aliphatic rings. The summed E-state index contributed by atoms with van der Waals surface area (Å²) in [5.41, 5.74) is 0.845. The summed E-state index contributed by atoms with van der Waals surface area (Å²) in [7, 11) is -3.58. The first-order valence-corrected chi connectivity index (χ1v) is 9.81. The first-order valence-electron chi connectivity index (χ1n) is 8.32. The van der Waals surface area contributed by atoms with Gasteiger partial charge in [0.05, 0.1) is 10.5 Å². The van der Waals surface area contributed by atoms with Crippen LogP contribution in [0.1, 0.15) is 29.8 Å². The van der Waals surface area contributed by atoms with Crippen LogP contribution in [0.2, 0.25) is 0 Å². The molecule has 1 aromatic carbocycles. The van der Waals surface area contributed by atoms with Crippen LogP contribution >= 0.6 is 0 Å². The molecule has 0 bridgehead atoms. The van der Waals surface area contributed by atoms with Crippen LogP contribution in [0.15, 0.2) is 47.5 Å². The average Bonchev–Trinajstić information content (AvgIpc) is 2.64. The van der Waals surface area contributed by atoms with Crippen molar-refractivity contribution < 1.29 is 13.2 Å². The molecule has 27 heavy (non-hydrogen) atoms. The highest BCUT2D eigenvalue weighted by Crippen LogP contribution is 2.11. The van der Waals surface area contributed by atoms with Gasteiger partial charge in [0.2, 0.25) is 10.0 Å². The number of pyridine rings is 1. The van der Waals surface area contributed by atoms with E-state index < -0.39 is 10.0 Å². The maximum atomic E-state index is 12.1. The van der Waals surface area contributed by atoms with E-state index in [1.165, 1.54) is 30.5 Å². The molecule has 1 amide bonds. The second kappa shape index (κ2) is 9.12. The van der Waals surface area contributed by atoms with E-state index in [9.17, 15) is 13.2 Å². The van der Waals surface area contributed by atoms with Crippen LogP contribution in [0.4, 0.5) is 5.82 Å². The lowest BCUT2D eigenvalue weighted by Crippen LogP contribution is -2.30. The number of sulfonamides is 1. The quantitative estimate of drug-likeness (QED) is 0.590. The maximum Gasteiger partial charge on any atom is 0.251 e. The standard InChI is InChI=1S/C18H21N5O3S/c1-13(2)23-27(25,26)16-6-4-15(5-7-16)18(24)21-10-9-20-17-8-3-14(11-19)12-22-17/h3-8,12-13,23H,9-10H2,1-2H3,(H,20,22)(H,21,24). The number of aromatic nitrogens is 1. The molecule has 0 saturated heterocycles. The van der Waals surface area contributed by atoms with E-state index in [0.717, 1.165) is 0 Å². The number of anilines is 1. The Morgan fingerprint density at radius 3 is 2.41 bits per heavy atom. The van der Waals surface area contributed by atoms with Gasteiger partial charge in [-0.2, -0.15) is 5.26 Å². The van der Waals surface area contributed by atoms with Crippen molar-refractivity contribution in [1.82, 2.24) is 15.0 Å². The van der Waals surface area contributed by atoms with E-state index in [2.05, 4.69) is 20.3 Å². The Labute approximate surface area is 158 Å². The van der Waals surface area contributed by atoms with Crippen LogP contribution in [0, 0.1) is 11.3 Å². The molecule has 1 aromatic heterocycles. The van der Waals surface area contributed by atoms with Crippen molar-refractivity contribution in [2.75, 3.05) is 18.4 Å². The fourth-order valence-electron chi connectivity index (χ4n) is 2.20. The number of carbonyl (C=O) groups is 1. The number of nitriles is 1. The molecule has 0 saturated carbocycles. The Morgan fingerprint density at radius 1 is 1.15 bits per heavy atom. The minimum atomic E-state index is -3.58. The highest BCUT2D eigenvalue weighted by molar-refractivity contribution is 7.89. The molecule has 142 valence electrons. The van der Waals surface area contributed by atoms with Gasteiger partial charge in [-0.3, -0.25) is 4.79 Å². The van der Waals surface area contributed by atoms with Crippen molar-refractivity contribution in [1.29, 1.82) is 5.26 Å². The van der Waals surface area contributed by atoms with Gasteiger partial charge in [0, 0.05) is 30.9 Å². The van der Waals surface area contributed by atoms with E-state index in [4.69, 9.17) is 5.26 Å². The molecule has 9 heteroatoms. The first-order chi connectivity index (χ1) is 12.8. The minimum absolute atomic E-state index is 0.112. The van der Waals surface area contributed by atoms with Gasteiger partial charge in [-0.1, -0.05) is 0 Å². The van der Waals surface area contributed by atoms with Gasteiger partial charge in [-0.05, 0) is 50.2 Å². The van der Waals surface area contributed by atoms with Crippen molar-refractivity contribution in [3.63, 3.8) is 0 Å². The number of benzene rings is 1. The lowest BCUT2D eigenvalue weighted by atomic mass is 10.2. The van der Waals surface area contributed by atoms with Gasteiger partial charge in [0.15, 0.2) is 0 Å². The number of carbonyl (C=O) groups excluding carboxylic acids is 1. The van der Waals surface area contributed by atoms with Gasteiger partial charge >= 0.3 is 0 Å². The molecule has 0 fully saturated rings. The Balaban J connectivity index is 1.84. The van der Waals surface area contributed by atoms with Crippen molar-refractivity contribution in [3.05, 3.63) is 53.7 Å². The first kappa shape index (κ1) is 20.4. The number of hydrogen-bond donors (Lipinski definition) is 3. The largest absolute Gasteiger partial charge is 0.368 e. The zero-order chi connectivity index (χ0) is 19.9. The Morgan fingerprint density at radius 2 is 1.85 bits per heavy atom. The predicted octanol–water partition coefficient (Wildman–Crippen LogP) is 1.48. The Bertz CT molecular complexity index is 917. The number of nitrogens with zero attached hydrogens (tertiary/aromatic N) is 2. The molecule has 0 radical (unpaired) electrons. The number of hydrogen-bond acceptors (Lipinski definition) is 6. The van der Waals surface area contributed by atoms with Gasteiger partial charge < -0.3 is 10.6 Å². The molecule has 1 heterocycles. The predicted molar refractivity (Wildman–Crippen MR) is 102 cm³/mol. The van der Waals surface area contributed by atoms with E-state index in [-0.39, 0.29) is 16.8 Å². The van der Waals surface area contributed by atoms with Crippen LogP contribution in [-0.4, -0.2) is 38.4 Å². The third kappa shape index (κ3) is 6.06. The van der Waals surface area contributed by atoms with Crippen molar-refractivity contribution in [2.24, 2.45) is 0 Å². The van der Waals surface area contributed by atoms with Crippen molar-refractivity contribution in [3.8, 4) is 6.07 Å². The summed E-state index contributed by atoms with van der Waals surface area (Å²) in [6.07, 6.45) is 1.46. The monoisotopic (exact) mass is 387 g/mol. The summed E-state index contributed by atoms with van der Waals surface area (Å²) >= 11 is 0. The van der Waals surface area contributed by atoms with Gasteiger partial charge in [0.1, 0.15) is 11.9 Å². The van der Waals surface area contributed by atoms with Crippen molar-refractivity contribution >= 4 is 21.7 Å². The van der Waals surface area contributed by atoms with Crippen LogP contribution in [0.5, 0.6) is 0 Å². The highest BCUT2D eigenvalue weighted by Gasteiger charge is 2.15. The molecule has 8 nitrogen and oxygen atoms in total. The molecule has 2 aromatic rings. The molecule has 3 N–H and O–H groups in total. The van der Waals surface area contributed by atoms with Crippen LogP contribution in [0.25, 0.3) is 0 Å². The van der Waals surface area contributed by atoms with E-state index in [1.807, 2.05) is 6.07 Å². The molecule has 0 atom stereocenters. The lowest BCUT2D eigenvalue weighted by Gasteiger charge is -2.10. The summed E-state index contributed by atoms with van der Waals surface area (Å²) < 4.78 is 26.6. The van der Waals surface area contributed by atoms with E-state index in [0.29, 0.717) is 30.0 Å². The fraction of sp³-hybridized carbons (Fsp3) is 0.278. The molecule has 0 unspecified atom stereocenters. The van der Waals surface area contributed by atoms with Gasteiger partial charge in [0.25, 0.3) is 5.91 Å². The number of rotatable bonds is 8. The zero-order valence-corrected chi connectivity index (χ0v) is 15.9. The second-order valence-corrected chi connectivity index (χ2v) is 7.74. The third-order valence-electron chi connectivity index (χ3n) is 3.43. The SMILES string of the molecule is CC(C)NS(=O)(=O)c1ccc(C(=O)NCCNc2ccc(C#N)cn2)cc1. The lowest BCUT2D eigenvalue weighted by molar-refractivity contribution is 0.0955.